The van der Waals surface area contributed by atoms with E-state index >= 15 is 0 Å². The van der Waals surface area contributed by atoms with E-state index in [1.165, 1.54) is 30.3 Å². The van der Waals surface area contributed by atoms with Crippen molar-refractivity contribution in [2.75, 3.05) is 5.01 Å². The number of anilines is 1. The minimum Gasteiger partial charge on any atom is -0.488 e. The van der Waals surface area contributed by atoms with Crippen LogP contribution in [0.2, 0.25) is 0 Å². The number of amides is 2. The van der Waals surface area contributed by atoms with Crippen LogP contribution in [0.4, 0.5) is 15.8 Å². The summed E-state index contributed by atoms with van der Waals surface area (Å²) in [4.78, 5) is 35.9. The van der Waals surface area contributed by atoms with Crippen LogP contribution < -0.4 is 15.2 Å². The molecule has 160 valence electrons. The van der Waals surface area contributed by atoms with E-state index in [9.17, 15) is 24.1 Å². The second-order valence-electron chi connectivity index (χ2n) is 6.83. The minimum absolute atomic E-state index is 0.142. The van der Waals surface area contributed by atoms with Crippen molar-refractivity contribution in [3.63, 3.8) is 0 Å². The largest absolute Gasteiger partial charge is 0.488 e. The predicted octanol–water partition coefficient (Wildman–Crippen LogP) is 3.77. The molecule has 1 N–H and O–H groups in total. The van der Waals surface area contributed by atoms with Crippen molar-refractivity contribution in [2.45, 2.75) is 6.61 Å². The molecule has 2 amide bonds. The normalized spacial score (nSPS) is 14.5. The van der Waals surface area contributed by atoms with Gasteiger partial charge in [-0.25, -0.2) is 9.40 Å². The Morgan fingerprint density at radius 3 is 2.47 bits per heavy atom. The van der Waals surface area contributed by atoms with Gasteiger partial charge in [0.1, 0.15) is 23.7 Å². The van der Waals surface area contributed by atoms with Crippen molar-refractivity contribution in [3.05, 3.63) is 105 Å². The van der Waals surface area contributed by atoms with E-state index in [4.69, 9.17) is 4.74 Å². The quantitative estimate of drug-likeness (QED) is 0.276. The summed E-state index contributed by atoms with van der Waals surface area (Å²) < 4.78 is 19.6. The summed E-state index contributed by atoms with van der Waals surface area (Å²) in [5, 5.41) is 12.3. The van der Waals surface area contributed by atoms with E-state index in [1.54, 1.807) is 48.5 Å². The molecule has 1 saturated heterocycles. The van der Waals surface area contributed by atoms with Crippen LogP contribution in [0, 0.1) is 15.9 Å². The van der Waals surface area contributed by atoms with E-state index in [-0.39, 0.29) is 34.7 Å². The van der Waals surface area contributed by atoms with Crippen molar-refractivity contribution in [1.82, 2.24) is 5.43 Å². The molecular formula is C23H16FN3O5. The number of nitrogens with one attached hydrogen (secondary N) is 1. The van der Waals surface area contributed by atoms with Crippen LogP contribution in [0.5, 0.6) is 5.75 Å². The Morgan fingerprint density at radius 1 is 1.03 bits per heavy atom. The lowest BCUT2D eigenvalue weighted by Gasteiger charge is -2.14. The third-order valence-electron chi connectivity index (χ3n) is 4.75. The first-order chi connectivity index (χ1) is 15.4. The van der Waals surface area contributed by atoms with Gasteiger partial charge in [0.2, 0.25) is 0 Å². The molecule has 4 rings (SSSR count). The molecule has 0 spiro atoms. The zero-order valence-corrected chi connectivity index (χ0v) is 16.5. The van der Waals surface area contributed by atoms with E-state index in [0.717, 1.165) is 5.01 Å². The summed E-state index contributed by atoms with van der Waals surface area (Å²) in [6.07, 6.45) is 1.23. The Labute approximate surface area is 181 Å². The van der Waals surface area contributed by atoms with Crippen LogP contribution in [0.3, 0.4) is 0 Å². The smallest absolute Gasteiger partial charge is 0.282 e. The maximum absolute atomic E-state index is 13.9. The Morgan fingerprint density at radius 2 is 1.75 bits per heavy atom. The van der Waals surface area contributed by atoms with Crippen molar-refractivity contribution >= 4 is 29.3 Å². The van der Waals surface area contributed by atoms with Crippen LogP contribution in [0.25, 0.3) is 6.08 Å². The molecule has 1 fully saturated rings. The number of halogens is 1. The van der Waals surface area contributed by atoms with Gasteiger partial charge >= 0.3 is 0 Å². The van der Waals surface area contributed by atoms with Crippen molar-refractivity contribution < 1.29 is 23.6 Å². The van der Waals surface area contributed by atoms with Crippen LogP contribution in [0.15, 0.2) is 78.4 Å². The molecule has 0 saturated carbocycles. The highest BCUT2D eigenvalue weighted by molar-refractivity contribution is 6.31. The first kappa shape index (κ1) is 20.7. The molecule has 9 heteroatoms. The molecule has 0 unspecified atom stereocenters. The lowest BCUT2D eigenvalue weighted by Crippen LogP contribution is -2.35. The number of carbonyl (C=O) groups excluding carboxylic acids is 2. The summed E-state index contributed by atoms with van der Waals surface area (Å²) in [7, 11) is 0. The number of non-ortho nitro benzene ring substituents is 1. The van der Waals surface area contributed by atoms with Gasteiger partial charge in [-0.3, -0.25) is 25.1 Å². The van der Waals surface area contributed by atoms with Crippen molar-refractivity contribution in [2.24, 2.45) is 0 Å². The fraction of sp³-hybridized carbons (Fsp3) is 0.0435. The number of hydrogen-bond donors (Lipinski definition) is 1. The van der Waals surface area contributed by atoms with Gasteiger partial charge in [0.25, 0.3) is 17.5 Å². The van der Waals surface area contributed by atoms with Gasteiger partial charge in [-0.2, -0.15) is 0 Å². The topological polar surface area (TPSA) is 102 Å². The molecule has 0 bridgehead atoms. The van der Waals surface area contributed by atoms with Crippen molar-refractivity contribution in [1.29, 1.82) is 0 Å². The number of carbonyl (C=O) groups is 2. The highest BCUT2D eigenvalue weighted by atomic mass is 19.1. The number of ether oxygens (including phenoxy) is 1. The molecule has 8 nitrogen and oxygen atoms in total. The molecule has 1 aliphatic rings. The maximum atomic E-state index is 13.9. The maximum Gasteiger partial charge on any atom is 0.282 e. The first-order valence-electron chi connectivity index (χ1n) is 9.51. The molecular weight excluding hydrogens is 417 g/mol. The Balaban J connectivity index is 1.68. The number of para-hydroxylation sites is 1. The fourth-order valence-corrected chi connectivity index (χ4v) is 3.14. The number of nitro benzene ring substituents is 1. The Kier molecular flexibility index (Phi) is 5.63. The Bertz CT molecular complexity index is 1240. The summed E-state index contributed by atoms with van der Waals surface area (Å²) in [5.74, 6) is -1.58. The number of nitro groups is 1. The first-order valence-corrected chi connectivity index (χ1v) is 9.51. The van der Waals surface area contributed by atoms with Crippen LogP contribution in [0.1, 0.15) is 11.1 Å². The van der Waals surface area contributed by atoms with Gasteiger partial charge in [0, 0.05) is 23.3 Å². The fourth-order valence-electron chi connectivity index (χ4n) is 3.14. The van der Waals surface area contributed by atoms with E-state index in [0.29, 0.717) is 5.69 Å². The number of hydrazine groups is 1. The van der Waals surface area contributed by atoms with Crippen LogP contribution in [-0.2, 0) is 16.2 Å². The minimum atomic E-state index is -0.662. The van der Waals surface area contributed by atoms with Gasteiger partial charge in [-0.1, -0.05) is 36.4 Å². The van der Waals surface area contributed by atoms with Gasteiger partial charge in [0.15, 0.2) is 0 Å². The lowest BCUT2D eigenvalue weighted by molar-refractivity contribution is -0.384. The second kappa shape index (κ2) is 8.68. The highest BCUT2D eigenvalue weighted by Gasteiger charge is 2.34. The van der Waals surface area contributed by atoms with Gasteiger partial charge in [-0.05, 0) is 30.3 Å². The molecule has 3 aromatic carbocycles. The lowest BCUT2D eigenvalue weighted by atomic mass is 10.1. The molecule has 0 radical (unpaired) electrons. The number of benzene rings is 3. The number of nitrogens with zero attached hydrogens (tertiary/aromatic N) is 2. The molecule has 1 aliphatic heterocycles. The summed E-state index contributed by atoms with van der Waals surface area (Å²) in [6, 6.07) is 18.3. The van der Waals surface area contributed by atoms with E-state index < -0.39 is 22.6 Å². The number of hydrogen-bond acceptors (Lipinski definition) is 5. The van der Waals surface area contributed by atoms with Gasteiger partial charge < -0.3 is 4.74 Å². The highest BCUT2D eigenvalue weighted by Crippen LogP contribution is 2.29. The third-order valence-corrected chi connectivity index (χ3v) is 4.75. The van der Waals surface area contributed by atoms with Crippen LogP contribution >= 0.6 is 0 Å². The van der Waals surface area contributed by atoms with Crippen molar-refractivity contribution in [3.8, 4) is 5.75 Å². The van der Waals surface area contributed by atoms with Gasteiger partial charge in [0.05, 0.1) is 10.6 Å². The average molecular weight is 433 g/mol. The monoisotopic (exact) mass is 433 g/mol. The summed E-state index contributed by atoms with van der Waals surface area (Å²) >= 11 is 0. The van der Waals surface area contributed by atoms with E-state index in [1.807, 2.05) is 0 Å². The average Bonchev–Trinajstić information content (AvgIpc) is 3.08. The second-order valence-corrected chi connectivity index (χ2v) is 6.83. The summed E-state index contributed by atoms with van der Waals surface area (Å²) in [6.45, 7) is -0.142. The molecule has 0 aliphatic carbocycles. The SMILES string of the molecule is O=C1NN(c2ccccc2)C(=O)/C1=C\c1cc([N+](=O)[O-])ccc1OCc1ccccc1F. The molecule has 3 aromatic rings. The molecule has 1 heterocycles. The zero-order valence-electron chi connectivity index (χ0n) is 16.5. The molecule has 0 atom stereocenters. The van der Waals surface area contributed by atoms with Gasteiger partial charge in [-0.15, -0.1) is 0 Å². The third kappa shape index (κ3) is 4.17. The molecule has 0 aromatic heterocycles. The van der Waals surface area contributed by atoms with E-state index in [2.05, 4.69) is 5.43 Å². The number of rotatable bonds is 6. The predicted molar refractivity (Wildman–Crippen MR) is 114 cm³/mol. The Hall–Kier alpha value is -4.53. The summed E-state index contributed by atoms with van der Waals surface area (Å²) in [5.41, 5.74) is 2.89. The zero-order chi connectivity index (χ0) is 22.7. The molecule has 32 heavy (non-hydrogen) atoms. The van der Waals surface area contributed by atoms with Crippen LogP contribution in [-0.4, -0.2) is 16.7 Å². The standard InChI is InChI=1S/C23H16FN3O5/c24-20-9-5-4-6-15(20)14-32-21-11-10-18(27(30)31)12-16(21)13-19-22(28)25-26(23(19)29)17-7-2-1-3-8-17/h1-13H,14H2,(H,25,28)/b19-13-.